The number of ether oxygens (including phenoxy) is 4. The molecule has 0 spiro atoms. The van der Waals surface area contributed by atoms with Crippen molar-refractivity contribution < 1.29 is 24.1 Å². The van der Waals surface area contributed by atoms with E-state index < -0.39 is 6.10 Å². The van der Waals surface area contributed by atoms with Crippen molar-refractivity contribution in [3.63, 3.8) is 0 Å². The van der Waals surface area contributed by atoms with Crippen molar-refractivity contribution in [2.45, 2.75) is 45.0 Å². The molecule has 0 unspecified atom stereocenters. The molecule has 0 aromatic heterocycles. The van der Waals surface area contributed by atoms with Crippen LogP contribution >= 0.6 is 0 Å². The van der Waals surface area contributed by atoms with Crippen molar-refractivity contribution in [2.24, 2.45) is 0 Å². The molecule has 1 aromatic rings. The maximum Gasteiger partial charge on any atom is 0.147 e. The molecule has 0 saturated heterocycles. The predicted molar refractivity (Wildman–Crippen MR) is 94.1 cm³/mol. The summed E-state index contributed by atoms with van der Waals surface area (Å²) in [5.74, 6) is 0.838. The van der Waals surface area contributed by atoms with Crippen molar-refractivity contribution in [2.75, 3.05) is 27.6 Å². The summed E-state index contributed by atoms with van der Waals surface area (Å²) < 4.78 is 21.2. The van der Waals surface area contributed by atoms with Crippen molar-refractivity contribution in [1.29, 1.82) is 0 Å². The van der Waals surface area contributed by atoms with E-state index in [2.05, 4.69) is 6.58 Å². The Bertz CT molecular complexity index is 457. The van der Waals surface area contributed by atoms with Gasteiger partial charge in [-0.3, -0.25) is 0 Å². The highest BCUT2D eigenvalue weighted by atomic mass is 16.7. The molecule has 5 nitrogen and oxygen atoms in total. The first-order valence-corrected chi connectivity index (χ1v) is 8.21. The fraction of sp³-hybridized carbons (Fsp3) is 0.579. The molecule has 2 atom stereocenters. The van der Waals surface area contributed by atoms with Gasteiger partial charge in [0.05, 0.1) is 25.9 Å². The van der Waals surface area contributed by atoms with E-state index in [0.29, 0.717) is 26.1 Å². The number of methoxy groups -OCH3 is 2. The summed E-state index contributed by atoms with van der Waals surface area (Å²) in [5, 5.41) is 10.1. The van der Waals surface area contributed by atoms with Gasteiger partial charge in [0, 0.05) is 20.1 Å². The minimum Gasteiger partial charge on any atom is -0.497 e. The molecular formula is C19H30O5. The summed E-state index contributed by atoms with van der Waals surface area (Å²) in [7, 11) is 3.22. The first-order chi connectivity index (χ1) is 11.6. The Hall–Kier alpha value is -1.40. The molecule has 1 aromatic carbocycles. The third-order valence-corrected chi connectivity index (χ3v) is 3.68. The smallest absolute Gasteiger partial charge is 0.147 e. The second-order valence-electron chi connectivity index (χ2n) is 5.84. The molecule has 0 aliphatic rings. The number of aliphatic hydroxyl groups excluding tert-OH is 1. The minimum absolute atomic E-state index is 0.180. The van der Waals surface area contributed by atoms with E-state index in [1.165, 1.54) is 0 Å². The van der Waals surface area contributed by atoms with E-state index in [1.54, 1.807) is 14.2 Å². The average molecular weight is 338 g/mol. The molecule has 0 fully saturated rings. The van der Waals surface area contributed by atoms with Crippen LogP contribution in [-0.4, -0.2) is 44.9 Å². The van der Waals surface area contributed by atoms with Gasteiger partial charge in [-0.2, -0.15) is 0 Å². The van der Waals surface area contributed by atoms with E-state index in [0.717, 1.165) is 23.3 Å². The Labute approximate surface area is 145 Å². The first kappa shape index (κ1) is 20.6. The van der Waals surface area contributed by atoms with E-state index in [4.69, 9.17) is 18.9 Å². The van der Waals surface area contributed by atoms with Gasteiger partial charge in [-0.1, -0.05) is 24.3 Å². The quantitative estimate of drug-likeness (QED) is 0.340. The summed E-state index contributed by atoms with van der Waals surface area (Å²) >= 11 is 0. The maximum absolute atomic E-state index is 10.1. The molecule has 0 aliphatic carbocycles. The fourth-order valence-electron chi connectivity index (χ4n) is 2.26. The second kappa shape index (κ2) is 12.0. The number of rotatable bonds is 13. The molecule has 0 saturated carbocycles. The molecule has 0 heterocycles. The predicted octanol–water partition coefficient (Wildman–Crippen LogP) is 3.31. The topological polar surface area (TPSA) is 57.2 Å². The number of hydrogen-bond donors (Lipinski definition) is 1. The molecule has 0 amide bonds. The lowest BCUT2D eigenvalue weighted by Crippen LogP contribution is -2.23. The third kappa shape index (κ3) is 8.45. The van der Waals surface area contributed by atoms with Gasteiger partial charge in [-0.05, 0) is 37.5 Å². The minimum atomic E-state index is -0.437. The fourth-order valence-corrected chi connectivity index (χ4v) is 2.26. The molecule has 0 bridgehead atoms. The third-order valence-electron chi connectivity index (χ3n) is 3.68. The standard InChI is InChI=1S/C19H30O5/c1-15(2)19(24-14-21-3)12-17(20)6-5-11-23-13-16-7-9-18(22-4)10-8-16/h7-10,17,19-20H,1,5-6,11-14H2,2-4H3/t17-,19-/m1/s1. The molecule has 1 N–H and O–H groups in total. The van der Waals surface area contributed by atoms with Crippen LogP contribution in [-0.2, 0) is 20.8 Å². The van der Waals surface area contributed by atoms with Crippen molar-refractivity contribution in [1.82, 2.24) is 0 Å². The van der Waals surface area contributed by atoms with Gasteiger partial charge in [0.2, 0.25) is 0 Å². The summed E-state index contributed by atoms with van der Waals surface area (Å²) in [6, 6.07) is 7.80. The monoisotopic (exact) mass is 338 g/mol. The Morgan fingerprint density at radius 1 is 1.21 bits per heavy atom. The van der Waals surface area contributed by atoms with Crippen LogP contribution in [0.1, 0.15) is 31.7 Å². The van der Waals surface area contributed by atoms with Crippen LogP contribution in [0.15, 0.2) is 36.4 Å². The second-order valence-corrected chi connectivity index (χ2v) is 5.84. The SMILES string of the molecule is C=C(C)[C@@H](C[C@H](O)CCCOCc1ccc(OC)cc1)OCOC. The van der Waals surface area contributed by atoms with E-state index in [-0.39, 0.29) is 12.9 Å². The number of benzene rings is 1. The van der Waals surface area contributed by atoms with E-state index in [1.807, 2.05) is 31.2 Å². The molecule has 5 heteroatoms. The van der Waals surface area contributed by atoms with Crippen LogP contribution in [0.5, 0.6) is 5.75 Å². The van der Waals surface area contributed by atoms with Gasteiger partial charge in [0.15, 0.2) is 0 Å². The zero-order valence-electron chi connectivity index (χ0n) is 15.0. The van der Waals surface area contributed by atoms with Crippen LogP contribution in [0, 0.1) is 0 Å². The van der Waals surface area contributed by atoms with Gasteiger partial charge < -0.3 is 24.1 Å². The zero-order chi connectivity index (χ0) is 17.8. The largest absolute Gasteiger partial charge is 0.497 e. The average Bonchev–Trinajstić information content (AvgIpc) is 2.58. The molecule has 0 aliphatic heterocycles. The zero-order valence-corrected chi connectivity index (χ0v) is 15.0. The normalized spacial score (nSPS) is 13.5. The summed E-state index contributed by atoms with van der Waals surface area (Å²) in [6.07, 6.45) is 1.37. The highest BCUT2D eigenvalue weighted by molar-refractivity contribution is 5.26. The summed E-state index contributed by atoms with van der Waals surface area (Å²) in [5.41, 5.74) is 1.99. The summed E-state index contributed by atoms with van der Waals surface area (Å²) in [6.45, 7) is 7.16. The molecule has 1 rings (SSSR count). The number of aliphatic hydroxyl groups is 1. The van der Waals surface area contributed by atoms with E-state index in [9.17, 15) is 5.11 Å². The highest BCUT2D eigenvalue weighted by Crippen LogP contribution is 2.15. The van der Waals surface area contributed by atoms with Crippen LogP contribution in [0.3, 0.4) is 0 Å². The van der Waals surface area contributed by atoms with Gasteiger partial charge >= 0.3 is 0 Å². The van der Waals surface area contributed by atoms with Crippen LogP contribution in [0.25, 0.3) is 0 Å². The molecular weight excluding hydrogens is 308 g/mol. The van der Waals surface area contributed by atoms with Crippen LogP contribution < -0.4 is 4.74 Å². The lowest BCUT2D eigenvalue weighted by Gasteiger charge is -2.20. The van der Waals surface area contributed by atoms with Crippen LogP contribution in [0.4, 0.5) is 0 Å². The first-order valence-electron chi connectivity index (χ1n) is 8.21. The van der Waals surface area contributed by atoms with E-state index >= 15 is 0 Å². The molecule has 24 heavy (non-hydrogen) atoms. The van der Waals surface area contributed by atoms with Crippen LogP contribution in [0.2, 0.25) is 0 Å². The Kier molecular flexibility index (Phi) is 10.4. The molecule has 0 radical (unpaired) electrons. The van der Waals surface area contributed by atoms with Crippen molar-refractivity contribution in [3.05, 3.63) is 42.0 Å². The Morgan fingerprint density at radius 2 is 1.92 bits per heavy atom. The summed E-state index contributed by atoms with van der Waals surface area (Å²) in [4.78, 5) is 0. The lowest BCUT2D eigenvalue weighted by atomic mass is 10.0. The van der Waals surface area contributed by atoms with Gasteiger partial charge in [-0.25, -0.2) is 0 Å². The van der Waals surface area contributed by atoms with Crippen molar-refractivity contribution in [3.8, 4) is 5.75 Å². The maximum atomic E-state index is 10.1. The van der Waals surface area contributed by atoms with Crippen molar-refractivity contribution >= 4 is 0 Å². The number of hydrogen-bond acceptors (Lipinski definition) is 5. The van der Waals surface area contributed by atoms with Gasteiger partial charge in [0.25, 0.3) is 0 Å². The Morgan fingerprint density at radius 3 is 2.50 bits per heavy atom. The molecule has 136 valence electrons. The lowest BCUT2D eigenvalue weighted by molar-refractivity contribution is -0.0718. The van der Waals surface area contributed by atoms with Gasteiger partial charge in [0.1, 0.15) is 12.5 Å². The van der Waals surface area contributed by atoms with Gasteiger partial charge in [-0.15, -0.1) is 0 Å². The Balaban J connectivity index is 2.17. The highest BCUT2D eigenvalue weighted by Gasteiger charge is 2.15.